The van der Waals surface area contributed by atoms with Crippen LogP contribution in [0.15, 0.2) is 53.3 Å². The number of hydrogen-bond donors (Lipinski definition) is 0. The van der Waals surface area contributed by atoms with Crippen molar-refractivity contribution in [3.05, 3.63) is 75.2 Å². The molecule has 5 nitrogen and oxygen atoms in total. The number of aromatic nitrogens is 3. The number of hydrogen-bond acceptors (Lipinski definition) is 3. The molecule has 156 valence electrons. The van der Waals surface area contributed by atoms with Crippen LogP contribution in [0.5, 0.6) is 0 Å². The molecule has 0 bridgehead atoms. The highest BCUT2D eigenvalue weighted by Gasteiger charge is 2.30. The first-order chi connectivity index (χ1) is 14.5. The Bertz CT molecular complexity index is 1080. The van der Waals surface area contributed by atoms with E-state index in [0.717, 1.165) is 37.7 Å². The topological polar surface area (TPSA) is 56.9 Å². The summed E-state index contributed by atoms with van der Waals surface area (Å²) in [6.07, 6.45) is 5.14. The maximum Gasteiger partial charge on any atom is 0.346 e. The molecule has 3 aromatic rings. The summed E-state index contributed by atoms with van der Waals surface area (Å²) in [5, 5.41) is 5.14. The van der Waals surface area contributed by atoms with Crippen LogP contribution in [0.2, 0.25) is 5.02 Å². The molecule has 0 unspecified atom stereocenters. The van der Waals surface area contributed by atoms with E-state index in [1.54, 1.807) is 16.7 Å². The predicted molar refractivity (Wildman–Crippen MR) is 119 cm³/mol. The van der Waals surface area contributed by atoms with Crippen molar-refractivity contribution >= 4 is 17.4 Å². The molecule has 0 atom stereocenters. The van der Waals surface area contributed by atoms with Gasteiger partial charge in [0.05, 0.1) is 0 Å². The van der Waals surface area contributed by atoms with Crippen molar-refractivity contribution in [3.63, 3.8) is 0 Å². The molecule has 1 saturated carbocycles. The molecule has 0 radical (unpaired) electrons. The number of Topliss-reactive ketones (excluding diaryl/α,β-unsaturated/α-hetero) is 1. The molecule has 0 amide bonds. The fourth-order valence-electron chi connectivity index (χ4n) is 3.63. The summed E-state index contributed by atoms with van der Waals surface area (Å²) < 4.78 is 3.05. The lowest BCUT2D eigenvalue weighted by molar-refractivity contribution is -0.120. The number of unbranched alkanes of at least 4 members (excludes halogenated alkanes) is 1. The Labute approximate surface area is 181 Å². The highest BCUT2D eigenvalue weighted by Crippen LogP contribution is 2.36. The number of benzene rings is 2. The van der Waals surface area contributed by atoms with Crippen molar-refractivity contribution in [1.82, 2.24) is 14.3 Å². The quantitative estimate of drug-likeness (QED) is 0.455. The number of nitrogens with zero attached hydrogens (tertiary/aromatic N) is 3. The summed E-state index contributed by atoms with van der Waals surface area (Å²) in [6.45, 7) is 2.11. The summed E-state index contributed by atoms with van der Waals surface area (Å²) in [5.74, 6) is 0.662. The normalized spacial score (nSPS) is 13.5. The van der Waals surface area contributed by atoms with Crippen LogP contribution in [-0.4, -0.2) is 20.1 Å². The Morgan fingerprint density at radius 3 is 2.43 bits per heavy atom. The van der Waals surface area contributed by atoms with E-state index in [9.17, 15) is 9.59 Å². The van der Waals surface area contributed by atoms with Gasteiger partial charge in [-0.2, -0.15) is 0 Å². The van der Waals surface area contributed by atoms with Crippen LogP contribution in [0.25, 0.3) is 11.4 Å². The van der Waals surface area contributed by atoms with E-state index in [1.165, 1.54) is 15.8 Å². The second-order valence-electron chi connectivity index (χ2n) is 8.10. The number of rotatable bonds is 9. The van der Waals surface area contributed by atoms with Gasteiger partial charge in [0.1, 0.15) is 6.54 Å². The zero-order valence-corrected chi connectivity index (χ0v) is 17.9. The summed E-state index contributed by atoms with van der Waals surface area (Å²) in [5.41, 5.74) is 3.19. The van der Waals surface area contributed by atoms with Crippen molar-refractivity contribution in [2.75, 3.05) is 0 Å². The Kier molecular flexibility index (Phi) is 6.18. The van der Waals surface area contributed by atoms with Crippen LogP contribution in [0, 0.1) is 6.92 Å². The largest absolute Gasteiger partial charge is 0.346 e. The number of halogens is 1. The minimum absolute atomic E-state index is 0.0314. The van der Waals surface area contributed by atoms with Crippen molar-refractivity contribution in [2.45, 2.75) is 58.0 Å². The lowest BCUT2D eigenvalue weighted by atomic mass is 10.0. The molecular formula is C24H26ClN3O2. The predicted octanol–water partition coefficient (Wildman–Crippen LogP) is 4.99. The maximum atomic E-state index is 12.9. The van der Waals surface area contributed by atoms with Gasteiger partial charge in [-0.1, -0.05) is 41.4 Å². The average molecular weight is 424 g/mol. The third-order valence-corrected chi connectivity index (χ3v) is 5.75. The molecule has 30 heavy (non-hydrogen) atoms. The first kappa shape index (κ1) is 20.6. The second-order valence-corrected chi connectivity index (χ2v) is 8.54. The molecular weight excluding hydrogens is 398 g/mol. The lowest BCUT2D eigenvalue weighted by Gasteiger charge is -2.03. The summed E-state index contributed by atoms with van der Waals surface area (Å²) in [4.78, 5) is 25.4. The van der Waals surface area contributed by atoms with E-state index >= 15 is 0 Å². The fraction of sp³-hybridized carbons (Fsp3) is 0.375. The third-order valence-electron chi connectivity index (χ3n) is 5.50. The van der Waals surface area contributed by atoms with Gasteiger partial charge in [-0.25, -0.2) is 9.48 Å². The van der Waals surface area contributed by atoms with Crippen LogP contribution in [0.3, 0.4) is 0 Å². The Balaban J connectivity index is 1.38. The average Bonchev–Trinajstić information content (AvgIpc) is 3.52. The van der Waals surface area contributed by atoms with E-state index in [1.807, 2.05) is 12.1 Å². The van der Waals surface area contributed by atoms with E-state index in [2.05, 4.69) is 36.3 Å². The number of aryl methyl sites for hydroxylation is 2. The van der Waals surface area contributed by atoms with Crippen molar-refractivity contribution in [3.8, 4) is 11.4 Å². The van der Waals surface area contributed by atoms with Gasteiger partial charge in [0.2, 0.25) is 0 Å². The Morgan fingerprint density at radius 2 is 1.77 bits per heavy atom. The summed E-state index contributed by atoms with van der Waals surface area (Å²) in [7, 11) is 0. The van der Waals surface area contributed by atoms with Gasteiger partial charge in [-0.3, -0.25) is 9.36 Å². The van der Waals surface area contributed by atoms with Gasteiger partial charge in [0.15, 0.2) is 11.6 Å². The number of carbonyl (C=O) groups excluding carboxylic acids is 1. The molecule has 1 aliphatic rings. The van der Waals surface area contributed by atoms with Gasteiger partial charge in [-0.15, -0.1) is 5.10 Å². The minimum atomic E-state index is -0.199. The molecule has 2 aromatic carbocycles. The first-order valence-corrected chi connectivity index (χ1v) is 10.9. The van der Waals surface area contributed by atoms with E-state index in [0.29, 0.717) is 17.3 Å². The molecule has 1 aromatic heterocycles. The Morgan fingerprint density at radius 1 is 1.07 bits per heavy atom. The number of carbonyl (C=O) groups is 1. The monoisotopic (exact) mass is 423 g/mol. The fourth-order valence-corrected chi connectivity index (χ4v) is 3.76. The van der Waals surface area contributed by atoms with Gasteiger partial charge in [0.25, 0.3) is 0 Å². The van der Waals surface area contributed by atoms with Crippen molar-refractivity contribution in [2.24, 2.45) is 0 Å². The summed E-state index contributed by atoms with van der Waals surface area (Å²) >= 11 is 5.99. The van der Waals surface area contributed by atoms with Gasteiger partial charge in [-0.05, 0) is 68.9 Å². The molecule has 0 spiro atoms. The summed E-state index contributed by atoms with van der Waals surface area (Å²) in [6, 6.07) is 16.0. The zero-order valence-electron chi connectivity index (χ0n) is 17.2. The van der Waals surface area contributed by atoms with Gasteiger partial charge in [0, 0.05) is 23.0 Å². The SMILES string of the molecule is Cc1ccc(CCCCC(=O)Cn2nc(-c3ccc(Cl)cc3)n(C3CC3)c2=O)cc1. The van der Waals surface area contributed by atoms with Gasteiger partial charge < -0.3 is 0 Å². The molecule has 1 fully saturated rings. The molecule has 6 heteroatoms. The van der Waals surface area contributed by atoms with Crippen LogP contribution in [0.4, 0.5) is 0 Å². The smallest absolute Gasteiger partial charge is 0.298 e. The Hall–Kier alpha value is -2.66. The van der Waals surface area contributed by atoms with Crippen LogP contribution in [0.1, 0.15) is 49.3 Å². The van der Waals surface area contributed by atoms with Gasteiger partial charge >= 0.3 is 5.69 Å². The number of ketones is 1. The van der Waals surface area contributed by atoms with Crippen LogP contribution >= 0.6 is 11.6 Å². The molecule has 1 aliphatic carbocycles. The minimum Gasteiger partial charge on any atom is -0.298 e. The molecule has 0 N–H and O–H groups in total. The maximum absolute atomic E-state index is 12.9. The third kappa shape index (κ3) is 4.90. The first-order valence-electron chi connectivity index (χ1n) is 10.5. The standard InChI is InChI=1S/C24H26ClN3O2/c1-17-6-8-18(9-7-17)4-2-3-5-22(29)16-27-24(30)28(21-14-15-21)23(26-27)19-10-12-20(25)13-11-19/h6-13,21H,2-5,14-16H2,1H3. The molecule has 0 saturated heterocycles. The highest BCUT2D eigenvalue weighted by atomic mass is 35.5. The van der Waals surface area contributed by atoms with Crippen molar-refractivity contribution < 1.29 is 4.79 Å². The van der Waals surface area contributed by atoms with Crippen LogP contribution < -0.4 is 5.69 Å². The van der Waals surface area contributed by atoms with Crippen LogP contribution in [-0.2, 0) is 17.8 Å². The van der Waals surface area contributed by atoms with E-state index in [-0.39, 0.29) is 24.1 Å². The second kappa shape index (κ2) is 9.00. The van der Waals surface area contributed by atoms with Crippen molar-refractivity contribution in [1.29, 1.82) is 0 Å². The molecule has 1 heterocycles. The highest BCUT2D eigenvalue weighted by molar-refractivity contribution is 6.30. The van der Waals surface area contributed by atoms with E-state index in [4.69, 9.17) is 11.6 Å². The lowest BCUT2D eigenvalue weighted by Crippen LogP contribution is -2.27. The molecule has 4 rings (SSSR count). The molecule has 0 aliphatic heterocycles. The zero-order chi connectivity index (χ0) is 21.1. The van der Waals surface area contributed by atoms with E-state index < -0.39 is 0 Å².